The average Bonchev–Trinajstić information content (AvgIpc) is 2.45. The monoisotopic (exact) mass is 210 g/mol. The van der Waals surface area contributed by atoms with Crippen molar-refractivity contribution in [3.05, 3.63) is 17.5 Å². The summed E-state index contributed by atoms with van der Waals surface area (Å²) in [6.07, 6.45) is 1.96. The van der Waals surface area contributed by atoms with E-state index in [-0.39, 0.29) is 5.91 Å². The molecule has 1 aromatic rings. The second-order valence-electron chi connectivity index (χ2n) is 3.81. The average molecular weight is 210 g/mol. The molecule has 5 nitrogen and oxygen atoms in total. The highest BCUT2D eigenvalue weighted by atomic mass is 16.2. The van der Waals surface area contributed by atoms with Gasteiger partial charge in [0.15, 0.2) is 0 Å². The number of carbonyl (C=O) groups is 1. The molecule has 1 aromatic heterocycles. The molecule has 1 heterocycles. The van der Waals surface area contributed by atoms with Crippen LogP contribution in [0.1, 0.15) is 11.3 Å². The van der Waals surface area contributed by atoms with E-state index in [1.165, 1.54) is 0 Å². The van der Waals surface area contributed by atoms with Crippen molar-refractivity contribution in [2.75, 3.05) is 20.6 Å². The number of likely N-dealkylation sites (N-methyl/N-ethyl adjacent to an activating group) is 1. The van der Waals surface area contributed by atoms with Gasteiger partial charge in [-0.1, -0.05) is 0 Å². The normalized spacial score (nSPS) is 10.4. The van der Waals surface area contributed by atoms with Crippen molar-refractivity contribution in [1.82, 2.24) is 20.0 Å². The van der Waals surface area contributed by atoms with Crippen molar-refractivity contribution in [3.63, 3.8) is 0 Å². The fourth-order valence-corrected chi connectivity index (χ4v) is 1.28. The Morgan fingerprint density at radius 3 is 2.73 bits per heavy atom. The van der Waals surface area contributed by atoms with Crippen LogP contribution in [0, 0.1) is 6.92 Å². The zero-order chi connectivity index (χ0) is 11.4. The standard InChI is InChI=1S/C10H18N4O/c1-8-9(7-14(4)12-8)5-11-6-10(15)13(2)3/h7,11H,5-6H2,1-4H3. The highest BCUT2D eigenvalue weighted by Crippen LogP contribution is 2.03. The first-order valence-electron chi connectivity index (χ1n) is 4.90. The van der Waals surface area contributed by atoms with Gasteiger partial charge in [-0.25, -0.2) is 0 Å². The van der Waals surface area contributed by atoms with Crippen molar-refractivity contribution in [3.8, 4) is 0 Å². The van der Waals surface area contributed by atoms with Crippen molar-refractivity contribution in [2.24, 2.45) is 7.05 Å². The molecule has 15 heavy (non-hydrogen) atoms. The predicted octanol–water partition coefficient (Wildman–Crippen LogP) is -0.0937. The number of amides is 1. The SMILES string of the molecule is Cc1nn(C)cc1CNCC(=O)N(C)C. The maximum Gasteiger partial charge on any atom is 0.236 e. The van der Waals surface area contributed by atoms with Gasteiger partial charge < -0.3 is 10.2 Å². The van der Waals surface area contributed by atoms with Gasteiger partial charge in [0.25, 0.3) is 0 Å². The first-order chi connectivity index (χ1) is 7.00. The lowest BCUT2D eigenvalue weighted by molar-refractivity contribution is -0.127. The van der Waals surface area contributed by atoms with Crippen LogP contribution in [-0.4, -0.2) is 41.2 Å². The lowest BCUT2D eigenvalue weighted by atomic mass is 10.2. The summed E-state index contributed by atoms with van der Waals surface area (Å²) in [6, 6.07) is 0. The Bertz CT molecular complexity index is 343. The summed E-state index contributed by atoms with van der Waals surface area (Å²) in [6.45, 7) is 3.01. The van der Waals surface area contributed by atoms with E-state index >= 15 is 0 Å². The summed E-state index contributed by atoms with van der Waals surface area (Å²) in [5.41, 5.74) is 2.13. The van der Waals surface area contributed by atoms with Gasteiger partial charge in [-0.05, 0) is 6.92 Å². The smallest absolute Gasteiger partial charge is 0.236 e. The summed E-state index contributed by atoms with van der Waals surface area (Å²) in [4.78, 5) is 12.8. The van der Waals surface area contributed by atoms with E-state index in [0.29, 0.717) is 13.1 Å². The lowest BCUT2D eigenvalue weighted by Gasteiger charge is -2.10. The fraction of sp³-hybridized carbons (Fsp3) is 0.600. The van der Waals surface area contributed by atoms with Crippen LogP contribution < -0.4 is 5.32 Å². The molecular weight excluding hydrogens is 192 g/mol. The van der Waals surface area contributed by atoms with Gasteiger partial charge in [0, 0.05) is 39.4 Å². The Kier molecular flexibility index (Phi) is 3.85. The second kappa shape index (κ2) is 4.93. The minimum atomic E-state index is 0.0801. The Balaban J connectivity index is 2.38. The number of nitrogens with zero attached hydrogens (tertiary/aromatic N) is 3. The molecule has 0 saturated carbocycles. The molecule has 0 spiro atoms. The first-order valence-corrected chi connectivity index (χ1v) is 4.90. The third-order valence-electron chi connectivity index (χ3n) is 2.21. The minimum absolute atomic E-state index is 0.0801. The van der Waals surface area contributed by atoms with Crippen LogP contribution in [0.2, 0.25) is 0 Å². The van der Waals surface area contributed by atoms with Crippen LogP contribution in [0.25, 0.3) is 0 Å². The van der Waals surface area contributed by atoms with E-state index in [1.807, 2.05) is 20.2 Å². The number of aryl methyl sites for hydroxylation is 2. The van der Waals surface area contributed by atoms with E-state index in [1.54, 1.807) is 23.7 Å². The van der Waals surface area contributed by atoms with Crippen molar-refractivity contribution in [1.29, 1.82) is 0 Å². The fourth-order valence-electron chi connectivity index (χ4n) is 1.28. The van der Waals surface area contributed by atoms with Crippen LogP contribution in [0.15, 0.2) is 6.20 Å². The summed E-state index contributed by atoms with van der Waals surface area (Å²) in [5.74, 6) is 0.0801. The van der Waals surface area contributed by atoms with Crippen molar-refractivity contribution in [2.45, 2.75) is 13.5 Å². The molecule has 84 valence electrons. The number of nitrogens with one attached hydrogen (secondary N) is 1. The van der Waals surface area contributed by atoms with E-state index in [4.69, 9.17) is 0 Å². The van der Waals surface area contributed by atoms with Gasteiger partial charge in [0.1, 0.15) is 0 Å². The summed E-state index contributed by atoms with van der Waals surface area (Å²) in [5, 5.41) is 7.32. The molecule has 0 aliphatic heterocycles. The van der Waals surface area contributed by atoms with E-state index in [9.17, 15) is 4.79 Å². The summed E-state index contributed by atoms with van der Waals surface area (Å²) >= 11 is 0. The molecule has 0 atom stereocenters. The van der Waals surface area contributed by atoms with Crippen LogP contribution in [0.5, 0.6) is 0 Å². The molecule has 0 saturated heterocycles. The zero-order valence-corrected chi connectivity index (χ0v) is 9.74. The van der Waals surface area contributed by atoms with E-state index in [2.05, 4.69) is 10.4 Å². The number of rotatable bonds is 4. The Morgan fingerprint density at radius 2 is 2.27 bits per heavy atom. The molecule has 0 aliphatic carbocycles. The van der Waals surface area contributed by atoms with Crippen LogP contribution in [0.4, 0.5) is 0 Å². The zero-order valence-electron chi connectivity index (χ0n) is 9.74. The molecule has 0 unspecified atom stereocenters. The third kappa shape index (κ3) is 3.36. The Hall–Kier alpha value is -1.36. The van der Waals surface area contributed by atoms with Gasteiger partial charge in [0.2, 0.25) is 5.91 Å². The van der Waals surface area contributed by atoms with Gasteiger partial charge >= 0.3 is 0 Å². The highest BCUT2D eigenvalue weighted by Gasteiger charge is 2.05. The van der Waals surface area contributed by atoms with E-state index < -0.39 is 0 Å². The molecule has 0 fully saturated rings. The summed E-state index contributed by atoms with van der Waals surface area (Å²) in [7, 11) is 5.39. The first kappa shape index (κ1) is 11.7. The molecule has 1 rings (SSSR count). The Labute approximate surface area is 90.1 Å². The predicted molar refractivity (Wildman–Crippen MR) is 58.3 cm³/mol. The summed E-state index contributed by atoms with van der Waals surface area (Å²) < 4.78 is 1.78. The van der Waals surface area contributed by atoms with Crippen LogP contribution in [-0.2, 0) is 18.4 Å². The van der Waals surface area contributed by atoms with Gasteiger partial charge in [0.05, 0.1) is 12.2 Å². The molecule has 0 aromatic carbocycles. The lowest BCUT2D eigenvalue weighted by Crippen LogP contribution is -2.32. The number of aromatic nitrogens is 2. The van der Waals surface area contributed by atoms with Gasteiger partial charge in [-0.15, -0.1) is 0 Å². The molecule has 0 radical (unpaired) electrons. The van der Waals surface area contributed by atoms with Crippen molar-refractivity contribution >= 4 is 5.91 Å². The molecular formula is C10H18N4O. The number of carbonyl (C=O) groups excluding carboxylic acids is 1. The molecule has 1 N–H and O–H groups in total. The molecule has 5 heteroatoms. The molecule has 0 bridgehead atoms. The molecule has 0 aliphatic rings. The van der Waals surface area contributed by atoms with Crippen LogP contribution in [0.3, 0.4) is 0 Å². The molecule has 1 amide bonds. The van der Waals surface area contributed by atoms with Gasteiger partial charge in [-0.3, -0.25) is 9.48 Å². The maximum absolute atomic E-state index is 11.3. The second-order valence-corrected chi connectivity index (χ2v) is 3.81. The largest absolute Gasteiger partial charge is 0.348 e. The minimum Gasteiger partial charge on any atom is -0.348 e. The van der Waals surface area contributed by atoms with Crippen LogP contribution >= 0.6 is 0 Å². The van der Waals surface area contributed by atoms with Crippen molar-refractivity contribution < 1.29 is 4.79 Å². The number of hydrogen-bond acceptors (Lipinski definition) is 3. The quantitative estimate of drug-likeness (QED) is 0.755. The Morgan fingerprint density at radius 1 is 1.60 bits per heavy atom. The van der Waals surface area contributed by atoms with E-state index in [0.717, 1.165) is 11.3 Å². The number of hydrogen-bond donors (Lipinski definition) is 1. The van der Waals surface area contributed by atoms with Gasteiger partial charge in [-0.2, -0.15) is 5.10 Å². The third-order valence-corrected chi connectivity index (χ3v) is 2.21. The highest BCUT2D eigenvalue weighted by molar-refractivity contribution is 5.77. The topological polar surface area (TPSA) is 50.2 Å². The maximum atomic E-state index is 11.3.